The van der Waals surface area contributed by atoms with Gasteiger partial charge in [0.05, 0.1) is 11.4 Å². The minimum atomic E-state index is -0.259. The number of nitrogens with two attached hydrogens (primary N) is 1. The number of carbonyl (C=O) groups excluding carboxylic acids is 1. The summed E-state index contributed by atoms with van der Waals surface area (Å²) in [6, 6.07) is 0.140. The van der Waals surface area contributed by atoms with Gasteiger partial charge in [-0.05, 0) is 26.8 Å². The van der Waals surface area contributed by atoms with Crippen LogP contribution in [0.15, 0.2) is 12.4 Å². The Hall–Kier alpha value is -1.49. The SMILES string of the molecule is Cc1nccnc1C(C)NCCCC(N)=O. The lowest BCUT2D eigenvalue weighted by molar-refractivity contribution is -0.118. The zero-order chi connectivity index (χ0) is 12.0. The van der Waals surface area contributed by atoms with E-state index in [4.69, 9.17) is 5.73 Å². The molecule has 1 unspecified atom stereocenters. The lowest BCUT2D eigenvalue weighted by Crippen LogP contribution is -2.23. The fourth-order valence-electron chi connectivity index (χ4n) is 1.52. The van der Waals surface area contributed by atoms with Crippen LogP contribution < -0.4 is 11.1 Å². The van der Waals surface area contributed by atoms with E-state index in [9.17, 15) is 4.79 Å². The van der Waals surface area contributed by atoms with Gasteiger partial charge in [-0.2, -0.15) is 0 Å². The van der Waals surface area contributed by atoms with E-state index in [1.807, 2.05) is 13.8 Å². The summed E-state index contributed by atoms with van der Waals surface area (Å²) in [5.41, 5.74) is 6.93. The van der Waals surface area contributed by atoms with E-state index in [1.165, 1.54) is 0 Å². The standard InChI is InChI=1S/C11H18N4O/c1-8(13-5-3-4-10(12)16)11-9(2)14-6-7-15-11/h6-8,13H,3-5H2,1-2H3,(H2,12,16). The average Bonchev–Trinajstić information content (AvgIpc) is 2.24. The Kier molecular flexibility index (Phi) is 4.85. The highest BCUT2D eigenvalue weighted by atomic mass is 16.1. The molecule has 0 spiro atoms. The van der Waals surface area contributed by atoms with Crippen molar-refractivity contribution in [2.45, 2.75) is 32.7 Å². The highest BCUT2D eigenvalue weighted by Crippen LogP contribution is 2.11. The molecule has 0 radical (unpaired) electrons. The van der Waals surface area contributed by atoms with Crippen LogP contribution in [-0.2, 0) is 4.79 Å². The molecule has 1 aromatic heterocycles. The number of primary amides is 1. The summed E-state index contributed by atoms with van der Waals surface area (Å²) < 4.78 is 0. The number of hydrogen-bond donors (Lipinski definition) is 2. The third-order valence-corrected chi connectivity index (χ3v) is 2.38. The van der Waals surface area contributed by atoms with Gasteiger partial charge in [-0.1, -0.05) is 0 Å². The fourth-order valence-corrected chi connectivity index (χ4v) is 1.52. The molecule has 0 aliphatic rings. The smallest absolute Gasteiger partial charge is 0.217 e. The molecular weight excluding hydrogens is 204 g/mol. The van der Waals surface area contributed by atoms with Crippen LogP contribution in [0, 0.1) is 6.92 Å². The van der Waals surface area contributed by atoms with Crippen molar-refractivity contribution >= 4 is 5.91 Å². The Balaban J connectivity index is 2.38. The summed E-state index contributed by atoms with van der Waals surface area (Å²) >= 11 is 0. The third kappa shape index (κ3) is 3.94. The van der Waals surface area contributed by atoms with Crippen molar-refractivity contribution in [3.63, 3.8) is 0 Å². The van der Waals surface area contributed by atoms with E-state index >= 15 is 0 Å². The molecule has 1 atom stereocenters. The van der Waals surface area contributed by atoms with E-state index in [-0.39, 0.29) is 11.9 Å². The van der Waals surface area contributed by atoms with Gasteiger partial charge in [0.2, 0.25) is 5.91 Å². The average molecular weight is 222 g/mol. The van der Waals surface area contributed by atoms with Crippen LogP contribution in [0.4, 0.5) is 0 Å². The summed E-state index contributed by atoms with van der Waals surface area (Å²) in [4.78, 5) is 19.0. The summed E-state index contributed by atoms with van der Waals surface area (Å²) in [5, 5.41) is 3.28. The molecule has 1 rings (SSSR count). The van der Waals surface area contributed by atoms with Crippen LogP contribution in [0.25, 0.3) is 0 Å². The van der Waals surface area contributed by atoms with Gasteiger partial charge in [-0.15, -0.1) is 0 Å². The van der Waals surface area contributed by atoms with Crippen molar-refractivity contribution < 1.29 is 4.79 Å². The molecule has 3 N–H and O–H groups in total. The van der Waals surface area contributed by atoms with E-state index in [0.29, 0.717) is 6.42 Å². The first-order valence-corrected chi connectivity index (χ1v) is 5.40. The summed E-state index contributed by atoms with van der Waals surface area (Å²) in [5.74, 6) is -0.259. The highest BCUT2D eigenvalue weighted by Gasteiger charge is 2.09. The van der Waals surface area contributed by atoms with Crippen molar-refractivity contribution in [2.24, 2.45) is 5.73 Å². The minimum absolute atomic E-state index is 0.140. The zero-order valence-corrected chi connectivity index (χ0v) is 9.73. The number of hydrogen-bond acceptors (Lipinski definition) is 4. The molecule has 0 aromatic carbocycles. The van der Waals surface area contributed by atoms with Crippen LogP contribution in [0.5, 0.6) is 0 Å². The molecule has 1 aromatic rings. The van der Waals surface area contributed by atoms with Crippen LogP contribution in [0.2, 0.25) is 0 Å². The summed E-state index contributed by atoms with van der Waals surface area (Å²) in [6.45, 7) is 4.71. The topological polar surface area (TPSA) is 80.9 Å². The number of carbonyl (C=O) groups is 1. The third-order valence-electron chi connectivity index (χ3n) is 2.38. The van der Waals surface area contributed by atoms with Gasteiger partial charge in [0.15, 0.2) is 0 Å². The zero-order valence-electron chi connectivity index (χ0n) is 9.73. The molecule has 0 aliphatic carbocycles. The Labute approximate surface area is 95.5 Å². The van der Waals surface area contributed by atoms with Gasteiger partial charge in [-0.25, -0.2) is 0 Å². The van der Waals surface area contributed by atoms with Crippen LogP contribution in [0.3, 0.4) is 0 Å². The molecule has 88 valence electrons. The van der Waals surface area contributed by atoms with Gasteiger partial charge in [0.25, 0.3) is 0 Å². The van der Waals surface area contributed by atoms with Crippen molar-refractivity contribution in [1.29, 1.82) is 0 Å². The van der Waals surface area contributed by atoms with Crippen molar-refractivity contribution in [3.05, 3.63) is 23.8 Å². The molecule has 1 amide bonds. The maximum atomic E-state index is 10.5. The predicted molar refractivity (Wildman–Crippen MR) is 61.6 cm³/mol. The Morgan fingerprint density at radius 2 is 2.19 bits per heavy atom. The molecule has 0 fully saturated rings. The number of aromatic nitrogens is 2. The van der Waals surface area contributed by atoms with Crippen molar-refractivity contribution in [1.82, 2.24) is 15.3 Å². The lowest BCUT2D eigenvalue weighted by atomic mass is 10.2. The van der Waals surface area contributed by atoms with Crippen LogP contribution >= 0.6 is 0 Å². The van der Waals surface area contributed by atoms with Gasteiger partial charge < -0.3 is 11.1 Å². The Morgan fingerprint density at radius 1 is 1.50 bits per heavy atom. The number of nitrogens with zero attached hydrogens (tertiary/aromatic N) is 2. The number of nitrogens with one attached hydrogen (secondary N) is 1. The largest absolute Gasteiger partial charge is 0.370 e. The van der Waals surface area contributed by atoms with Crippen LogP contribution in [0.1, 0.15) is 37.2 Å². The van der Waals surface area contributed by atoms with Gasteiger partial charge in [0.1, 0.15) is 0 Å². The number of aryl methyl sites for hydroxylation is 1. The second-order valence-corrected chi connectivity index (χ2v) is 3.77. The first-order valence-electron chi connectivity index (χ1n) is 5.40. The van der Waals surface area contributed by atoms with Crippen molar-refractivity contribution in [2.75, 3.05) is 6.54 Å². The predicted octanol–water partition coefficient (Wildman–Crippen LogP) is 0.701. The van der Waals surface area contributed by atoms with Gasteiger partial charge >= 0.3 is 0 Å². The molecule has 0 aliphatic heterocycles. The monoisotopic (exact) mass is 222 g/mol. The summed E-state index contributed by atoms with van der Waals surface area (Å²) in [6.07, 6.45) is 4.53. The highest BCUT2D eigenvalue weighted by molar-refractivity contribution is 5.73. The quantitative estimate of drug-likeness (QED) is 0.694. The first-order chi connectivity index (χ1) is 7.61. The number of rotatable bonds is 6. The molecule has 16 heavy (non-hydrogen) atoms. The fraction of sp³-hybridized carbons (Fsp3) is 0.545. The van der Waals surface area contributed by atoms with E-state index in [1.54, 1.807) is 12.4 Å². The van der Waals surface area contributed by atoms with Crippen molar-refractivity contribution in [3.8, 4) is 0 Å². The van der Waals surface area contributed by atoms with E-state index in [0.717, 1.165) is 24.4 Å². The Morgan fingerprint density at radius 3 is 2.81 bits per heavy atom. The number of amides is 1. The molecule has 1 heterocycles. The second kappa shape index (κ2) is 6.17. The maximum absolute atomic E-state index is 10.5. The molecule has 5 nitrogen and oxygen atoms in total. The minimum Gasteiger partial charge on any atom is -0.370 e. The lowest BCUT2D eigenvalue weighted by Gasteiger charge is -2.14. The molecule has 0 saturated heterocycles. The van der Waals surface area contributed by atoms with Gasteiger partial charge in [0, 0.05) is 24.9 Å². The van der Waals surface area contributed by atoms with E-state index < -0.39 is 0 Å². The molecule has 5 heteroatoms. The summed E-state index contributed by atoms with van der Waals surface area (Å²) in [7, 11) is 0. The maximum Gasteiger partial charge on any atom is 0.217 e. The van der Waals surface area contributed by atoms with Gasteiger partial charge in [-0.3, -0.25) is 14.8 Å². The molecule has 0 bridgehead atoms. The molecular formula is C11H18N4O. The Bertz CT molecular complexity index is 354. The van der Waals surface area contributed by atoms with Crippen LogP contribution in [-0.4, -0.2) is 22.4 Å². The first kappa shape index (κ1) is 12.6. The normalized spacial score (nSPS) is 12.4. The second-order valence-electron chi connectivity index (χ2n) is 3.77. The molecule has 0 saturated carbocycles. The van der Waals surface area contributed by atoms with E-state index in [2.05, 4.69) is 15.3 Å².